The molecular formula is C18H18FNO2. The lowest BCUT2D eigenvalue weighted by molar-refractivity contribution is -0.131. The van der Waals surface area contributed by atoms with Gasteiger partial charge < -0.3 is 9.64 Å². The Morgan fingerprint density at radius 1 is 1.23 bits per heavy atom. The van der Waals surface area contributed by atoms with Crippen molar-refractivity contribution >= 4 is 5.91 Å². The van der Waals surface area contributed by atoms with Crippen molar-refractivity contribution in [3.8, 4) is 5.75 Å². The van der Waals surface area contributed by atoms with Crippen molar-refractivity contribution in [3.05, 3.63) is 65.0 Å². The van der Waals surface area contributed by atoms with Gasteiger partial charge in [0.1, 0.15) is 11.6 Å². The zero-order valence-electron chi connectivity index (χ0n) is 12.5. The summed E-state index contributed by atoms with van der Waals surface area (Å²) in [5.41, 5.74) is 3.10. The Kier molecular flexibility index (Phi) is 4.09. The van der Waals surface area contributed by atoms with Crippen molar-refractivity contribution in [1.82, 2.24) is 4.90 Å². The summed E-state index contributed by atoms with van der Waals surface area (Å²) in [5.74, 6) is 0.576. The van der Waals surface area contributed by atoms with E-state index in [4.69, 9.17) is 4.74 Å². The lowest BCUT2D eigenvalue weighted by atomic mass is 9.99. The van der Waals surface area contributed by atoms with E-state index >= 15 is 0 Å². The van der Waals surface area contributed by atoms with E-state index < -0.39 is 0 Å². The van der Waals surface area contributed by atoms with Gasteiger partial charge in [-0.3, -0.25) is 4.79 Å². The van der Waals surface area contributed by atoms with Gasteiger partial charge in [0.25, 0.3) is 0 Å². The average molecular weight is 299 g/mol. The molecule has 0 atom stereocenters. The molecular weight excluding hydrogens is 281 g/mol. The van der Waals surface area contributed by atoms with Gasteiger partial charge in [-0.15, -0.1) is 0 Å². The number of nitrogens with zero attached hydrogens (tertiary/aromatic N) is 1. The van der Waals surface area contributed by atoms with E-state index in [0.29, 0.717) is 18.7 Å². The van der Waals surface area contributed by atoms with Gasteiger partial charge in [0.05, 0.1) is 13.5 Å². The fraction of sp³-hybridized carbons (Fsp3) is 0.278. The third-order valence-electron chi connectivity index (χ3n) is 4.02. The molecule has 22 heavy (non-hydrogen) atoms. The van der Waals surface area contributed by atoms with Crippen LogP contribution in [0.1, 0.15) is 16.7 Å². The predicted molar refractivity (Wildman–Crippen MR) is 82.2 cm³/mol. The molecule has 0 fully saturated rings. The summed E-state index contributed by atoms with van der Waals surface area (Å²) in [6.45, 7) is 1.29. The Morgan fingerprint density at radius 2 is 2.09 bits per heavy atom. The van der Waals surface area contributed by atoms with Crippen LogP contribution in [0.2, 0.25) is 0 Å². The minimum atomic E-state index is -0.304. The summed E-state index contributed by atoms with van der Waals surface area (Å²) in [6, 6.07) is 12.2. The second-order valence-electron chi connectivity index (χ2n) is 5.51. The van der Waals surface area contributed by atoms with Crippen molar-refractivity contribution in [2.75, 3.05) is 13.7 Å². The molecule has 0 saturated heterocycles. The van der Waals surface area contributed by atoms with Gasteiger partial charge in [-0.2, -0.15) is 0 Å². The van der Waals surface area contributed by atoms with E-state index in [0.717, 1.165) is 17.7 Å². The molecule has 2 aromatic carbocycles. The maximum absolute atomic E-state index is 13.2. The number of hydrogen-bond acceptors (Lipinski definition) is 2. The van der Waals surface area contributed by atoms with Crippen molar-refractivity contribution in [3.63, 3.8) is 0 Å². The molecule has 1 aliphatic rings. The Labute approximate surface area is 129 Å². The van der Waals surface area contributed by atoms with Crippen LogP contribution in [0.4, 0.5) is 4.39 Å². The Bertz CT molecular complexity index is 699. The fourth-order valence-electron chi connectivity index (χ4n) is 2.80. The SMILES string of the molecule is COc1ccc2c(c1)CCN(C(=O)Cc1cccc(F)c1)C2. The van der Waals surface area contributed by atoms with Gasteiger partial charge in [-0.25, -0.2) is 4.39 Å². The Balaban J connectivity index is 1.70. The highest BCUT2D eigenvalue weighted by atomic mass is 19.1. The molecule has 4 heteroatoms. The quantitative estimate of drug-likeness (QED) is 0.872. The molecule has 0 aromatic heterocycles. The third kappa shape index (κ3) is 3.11. The number of benzene rings is 2. The first-order valence-corrected chi connectivity index (χ1v) is 7.34. The van der Waals surface area contributed by atoms with Gasteiger partial charge in [-0.1, -0.05) is 18.2 Å². The summed E-state index contributed by atoms with van der Waals surface area (Å²) < 4.78 is 18.4. The Hall–Kier alpha value is -2.36. The topological polar surface area (TPSA) is 29.5 Å². The molecule has 0 saturated carbocycles. The second-order valence-corrected chi connectivity index (χ2v) is 5.51. The largest absolute Gasteiger partial charge is 0.497 e. The summed E-state index contributed by atoms with van der Waals surface area (Å²) >= 11 is 0. The average Bonchev–Trinajstić information content (AvgIpc) is 2.53. The molecule has 0 N–H and O–H groups in total. The molecule has 2 aromatic rings. The van der Waals surface area contributed by atoms with Crippen molar-refractivity contribution in [2.45, 2.75) is 19.4 Å². The van der Waals surface area contributed by atoms with Crippen molar-refractivity contribution in [2.24, 2.45) is 0 Å². The minimum absolute atomic E-state index is 0.0343. The zero-order valence-corrected chi connectivity index (χ0v) is 12.5. The van der Waals surface area contributed by atoms with Crippen LogP contribution >= 0.6 is 0 Å². The third-order valence-corrected chi connectivity index (χ3v) is 4.02. The maximum atomic E-state index is 13.2. The number of ether oxygens (including phenoxy) is 1. The van der Waals surface area contributed by atoms with E-state index in [1.807, 2.05) is 23.1 Å². The lowest BCUT2D eigenvalue weighted by Crippen LogP contribution is -2.36. The number of carbonyl (C=O) groups excluding carboxylic acids is 1. The lowest BCUT2D eigenvalue weighted by Gasteiger charge is -2.29. The number of carbonyl (C=O) groups is 1. The number of hydrogen-bond donors (Lipinski definition) is 0. The Morgan fingerprint density at radius 3 is 2.86 bits per heavy atom. The van der Waals surface area contributed by atoms with Crippen LogP contribution in [-0.4, -0.2) is 24.5 Å². The van der Waals surface area contributed by atoms with Crippen LogP contribution in [0.15, 0.2) is 42.5 Å². The van der Waals surface area contributed by atoms with E-state index in [-0.39, 0.29) is 18.1 Å². The molecule has 0 spiro atoms. The molecule has 1 amide bonds. The van der Waals surface area contributed by atoms with Crippen LogP contribution in [0, 0.1) is 5.82 Å². The summed E-state index contributed by atoms with van der Waals surface area (Å²) in [6.07, 6.45) is 1.06. The molecule has 1 aliphatic heterocycles. The smallest absolute Gasteiger partial charge is 0.227 e. The number of methoxy groups -OCH3 is 1. The summed E-state index contributed by atoms with van der Waals surface area (Å²) in [5, 5.41) is 0. The normalized spacial score (nSPS) is 13.6. The number of halogens is 1. The predicted octanol–water partition coefficient (Wildman–Crippen LogP) is 2.96. The van der Waals surface area contributed by atoms with E-state index in [1.54, 1.807) is 19.2 Å². The molecule has 0 radical (unpaired) electrons. The first-order valence-electron chi connectivity index (χ1n) is 7.34. The fourth-order valence-corrected chi connectivity index (χ4v) is 2.80. The van der Waals surface area contributed by atoms with Gasteiger partial charge in [0, 0.05) is 13.1 Å². The van der Waals surface area contributed by atoms with Gasteiger partial charge in [-0.05, 0) is 47.4 Å². The van der Waals surface area contributed by atoms with E-state index in [9.17, 15) is 9.18 Å². The molecule has 0 unspecified atom stereocenters. The van der Waals surface area contributed by atoms with Gasteiger partial charge in [0.2, 0.25) is 5.91 Å². The van der Waals surface area contributed by atoms with Crippen LogP contribution in [0.25, 0.3) is 0 Å². The highest BCUT2D eigenvalue weighted by Gasteiger charge is 2.21. The van der Waals surface area contributed by atoms with Gasteiger partial charge >= 0.3 is 0 Å². The van der Waals surface area contributed by atoms with Crippen molar-refractivity contribution < 1.29 is 13.9 Å². The molecule has 1 heterocycles. The number of rotatable bonds is 3. The minimum Gasteiger partial charge on any atom is -0.497 e. The molecule has 3 rings (SSSR count). The monoisotopic (exact) mass is 299 g/mol. The highest BCUT2D eigenvalue weighted by Crippen LogP contribution is 2.24. The number of fused-ring (bicyclic) bond motifs is 1. The second kappa shape index (κ2) is 6.18. The number of amides is 1. The van der Waals surface area contributed by atoms with Crippen molar-refractivity contribution in [1.29, 1.82) is 0 Å². The summed E-state index contributed by atoms with van der Waals surface area (Å²) in [7, 11) is 1.65. The summed E-state index contributed by atoms with van der Waals surface area (Å²) in [4.78, 5) is 14.2. The van der Waals surface area contributed by atoms with Crippen LogP contribution in [-0.2, 0) is 24.2 Å². The van der Waals surface area contributed by atoms with Crippen LogP contribution < -0.4 is 4.74 Å². The molecule has 0 aliphatic carbocycles. The first-order chi connectivity index (χ1) is 10.7. The zero-order chi connectivity index (χ0) is 15.5. The maximum Gasteiger partial charge on any atom is 0.227 e. The molecule has 3 nitrogen and oxygen atoms in total. The molecule has 0 bridgehead atoms. The van der Waals surface area contributed by atoms with E-state index in [2.05, 4.69) is 0 Å². The first kappa shape index (κ1) is 14.6. The van der Waals surface area contributed by atoms with E-state index in [1.165, 1.54) is 17.7 Å². The van der Waals surface area contributed by atoms with Crippen LogP contribution in [0.5, 0.6) is 5.75 Å². The van der Waals surface area contributed by atoms with Crippen LogP contribution in [0.3, 0.4) is 0 Å². The molecule has 114 valence electrons. The highest BCUT2D eigenvalue weighted by molar-refractivity contribution is 5.79. The van der Waals surface area contributed by atoms with Gasteiger partial charge in [0.15, 0.2) is 0 Å². The standard InChI is InChI=1S/C18H18FNO2/c1-22-17-6-5-15-12-20(8-7-14(15)11-17)18(21)10-13-3-2-4-16(19)9-13/h2-6,9,11H,7-8,10,12H2,1H3.